The average molecular weight is 540 g/mol. The highest BCUT2D eigenvalue weighted by molar-refractivity contribution is 9.10. The summed E-state index contributed by atoms with van der Waals surface area (Å²) in [6.07, 6.45) is 1.38. The minimum Gasteiger partial charge on any atom is -0.453 e. The Labute approximate surface area is 208 Å². The number of carbonyl (C=O) groups excluding carboxylic acids is 2. The minimum absolute atomic E-state index is 0.324. The standard InChI is InChI=1S/C24H22BrN5O5/c1-13-9-15(14(2)30(13)18-7-5-17(25)6-8-18)10-16(11-26)23(33)35-12-19(31)20-21(27)28(3)24(34)29(4)22(20)32/h5-10H,12,27H2,1-4H3. The highest BCUT2D eigenvalue weighted by atomic mass is 79.9. The summed E-state index contributed by atoms with van der Waals surface area (Å²) in [5.41, 5.74) is 6.58. The lowest BCUT2D eigenvalue weighted by molar-refractivity contribution is -0.137. The number of halogens is 1. The molecule has 2 heterocycles. The highest BCUT2D eigenvalue weighted by Gasteiger charge is 2.22. The summed E-state index contributed by atoms with van der Waals surface area (Å²) in [6, 6.07) is 11.3. The third-order valence-electron chi connectivity index (χ3n) is 5.52. The molecular formula is C24H22BrN5O5. The fraction of sp³-hybridized carbons (Fsp3) is 0.208. The van der Waals surface area contributed by atoms with Crippen LogP contribution in [0.4, 0.5) is 5.82 Å². The monoisotopic (exact) mass is 539 g/mol. The van der Waals surface area contributed by atoms with E-state index in [-0.39, 0.29) is 11.4 Å². The molecule has 0 fully saturated rings. The van der Waals surface area contributed by atoms with E-state index in [4.69, 9.17) is 10.5 Å². The molecule has 180 valence electrons. The van der Waals surface area contributed by atoms with Gasteiger partial charge in [0.2, 0.25) is 5.78 Å². The van der Waals surface area contributed by atoms with Crippen LogP contribution in [0.2, 0.25) is 0 Å². The Kier molecular flexibility index (Phi) is 7.26. The summed E-state index contributed by atoms with van der Waals surface area (Å²) in [4.78, 5) is 49.3. The molecule has 3 rings (SSSR count). The van der Waals surface area contributed by atoms with Crippen LogP contribution in [0, 0.1) is 25.2 Å². The molecule has 1 aromatic carbocycles. The molecule has 0 saturated heterocycles. The molecule has 10 nitrogen and oxygen atoms in total. The van der Waals surface area contributed by atoms with Gasteiger partial charge in [-0.2, -0.15) is 5.26 Å². The molecule has 2 N–H and O–H groups in total. The van der Waals surface area contributed by atoms with Crippen LogP contribution in [0.1, 0.15) is 27.3 Å². The fourth-order valence-electron chi connectivity index (χ4n) is 3.62. The van der Waals surface area contributed by atoms with Gasteiger partial charge in [0.25, 0.3) is 5.56 Å². The van der Waals surface area contributed by atoms with Gasteiger partial charge in [-0.05, 0) is 55.8 Å². The van der Waals surface area contributed by atoms with E-state index >= 15 is 0 Å². The Bertz CT molecular complexity index is 1530. The van der Waals surface area contributed by atoms with Gasteiger partial charge in [-0.3, -0.25) is 18.7 Å². The molecule has 0 aliphatic rings. The quantitative estimate of drug-likeness (QED) is 0.219. The molecule has 0 aliphatic carbocycles. The molecule has 0 bridgehead atoms. The first-order valence-electron chi connectivity index (χ1n) is 10.3. The van der Waals surface area contributed by atoms with Gasteiger partial charge >= 0.3 is 11.7 Å². The van der Waals surface area contributed by atoms with E-state index in [0.29, 0.717) is 5.56 Å². The van der Waals surface area contributed by atoms with Crippen LogP contribution in [0.5, 0.6) is 0 Å². The first-order chi connectivity index (χ1) is 16.5. The Hall–Kier alpha value is -4.17. The van der Waals surface area contributed by atoms with Gasteiger partial charge in [0.05, 0.1) is 0 Å². The van der Waals surface area contributed by atoms with Crippen molar-refractivity contribution in [1.29, 1.82) is 5.26 Å². The number of aromatic nitrogens is 3. The Morgan fingerprint density at radius 1 is 1.14 bits per heavy atom. The number of aryl methyl sites for hydroxylation is 1. The summed E-state index contributed by atoms with van der Waals surface area (Å²) in [7, 11) is 2.51. The number of ketones is 1. The number of anilines is 1. The van der Waals surface area contributed by atoms with Crippen LogP contribution < -0.4 is 17.0 Å². The van der Waals surface area contributed by atoms with Gasteiger partial charge in [0.1, 0.15) is 23.0 Å². The van der Waals surface area contributed by atoms with E-state index in [2.05, 4.69) is 15.9 Å². The molecule has 0 aliphatic heterocycles. The molecule has 3 aromatic rings. The topological polar surface area (TPSA) is 142 Å². The van der Waals surface area contributed by atoms with E-state index in [0.717, 1.165) is 30.7 Å². The summed E-state index contributed by atoms with van der Waals surface area (Å²) >= 11 is 3.41. The van der Waals surface area contributed by atoms with Crippen molar-refractivity contribution in [2.45, 2.75) is 13.8 Å². The zero-order valence-corrected chi connectivity index (χ0v) is 21.0. The molecule has 0 atom stereocenters. The third-order valence-corrected chi connectivity index (χ3v) is 6.05. The van der Waals surface area contributed by atoms with Crippen LogP contribution in [-0.2, 0) is 23.6 Å². The Balaban J connectivity index is 1.85. The Morgan fingerprint density at radius 3 is 2.37 bits per heavy atom. The number of esters is 1. The number of hydrogen-bond donors (Lipinski definition) is 1. The molecule has 11 heteroatoms. The lowest BCUT2D eigenvalue weighted by atomic mass is 10.1. The second-order valence-electron chi connectivity index (χ2n) is 7.77. The van der Waals surface area contributed by atoms with E-state index in [1.54, 1.807) is 6.07 Å². The average Bonchev–Trinajstić information content (AvgIpc) is 3.11. The summed E-state index contributed by atoms with van der Waals surface area (Å²) in [6.45, 7) is 2.92. The number of nitrogens with zero attached hydrogens (tertiary/aromatic N) is 4. The van der Waals surface area contributed by atoms with Crippen LogP contribution in [0.3, 0.4) is 0 Å². The zero-order chi connectivity index (χ0) is 26.0. The van der Waals surface area contributed by atoms with E-state index in [1.807, 2.05) is 48.7 Å². The van der Waals surface area contributed by atoms with E-state index < -0.39 is 35.2 Å². The number of nitrogens with two attached hydrogens (primary N) is 1. The smallest absolute Gasteiger partial charge is 0.349 e. The number of carbonyl (C=O) groups is 2. The molecule has 0 amide bonds. The number of ether oxygens (including phenoxy) is 1. The lowest BCUT2D eigenvalue weighted by Gasteiger charge is -2.11. The van der Waals surface area contributed by atoms with E-state index in [9.17, 15) is 24.4 Å². The van der Waals surface area contributed by atoms with Crippen LogP contribution in [-0.4, -0.2) is 32.1 Å². The number of hydrogen-bond acceptors (Lipinski definition) is 7. The number of benzene rings is 1. The van der Waals surface area contributed by atoms with Gasteiger partial charge in [0.15, 0.2) is 6.61 Å². The molecule has 35 heavy (non-hydrogen) atoms. The maximum absolute atomic E-state index is 12.6. The van der Waals surface area contributed by atoms with Crippen LogP contribution >= 0.6 is 15.9 Å². The summed E-state index contributed by atoms with van der Waals surface area (Å²) < 4.78 is 9.58. The normalized spacial score (nSPS) is 11.3. The Morgan fingerprint density at radius 2 is 1.77 bits per heavy atom. The van der Waals surface area contributed by atoms with Crippen molar-refractivity contribution < 1.29 is 14.3 Å². The lowest BCUT2D eigenvalue weighted by Crippen LogP contribution is -2.42. The highest BCUT2D eigenvalue weighted by Crippen LogP contribution is 2.24. The van der Waals surface area contributed by atoms with Gasteiger partial charge < -0.3 is 15.0 Å². The van der Waals surface area contributed by atoms with Crippen molar-refractivity contribution in [1.82, 2.24) is 13.7 Å². The van der Waals surface area contributed by atoms with Gasteiger partial charge in [-0.1, -0.05) is 15.9 Å². The molecule has 0 radical (unpaired) electrons. The first kappa shape index (κ1) is 25.5. The van der Waals surface area contributed by atoms with Gasteiger partial charge in [-0.25, -0.2) is 9.59 Å². The molecule has 0 spiro atoms. The molecule has 0 saturated carbocycles. The minimum atomic E-state index is -1.03. The number of rotatable bonds is 6. The van der Waals surface area contributed by atoms with Gasteiger partial charge in [0, 0.05) is 35.6 Å². The van der Waals surface area contributed by atoms with Crippen LogP contribution in [0.15, 0.2) is 50.0 Å². The molecule has 0 unspecified atom stereocenters. The fourth-order valence-corrected chi connectivity index (χ4v) is 3.88. The molecule has 2 aromatic heterocycles. The van der Waals surface area contributed by atoms with Crippen LogP contribution in [0.25, 0.3) is 11.8 Å². The predicted molar refractivity (Wildman–Crippen MR) is 133 cm³/mol. The van der Waals surface area contributed by atoms with Crippen molar-refractivity contribution in [3.63, 3.8) is 0 Å². The SMILES string of the molecule is Cc1cc(C=C(C#N)C(=O)OCC(=O)c2c(N)n(C)c(=O)n(C)c2=O)c(C)n1-c1ccc(Br)cc1. The third kappa shape index (κ3) is 4.88. The predicted octanol–water partition coefficient (Wildman–Crippen LogP) is 2.17. The van der Waals surface area contributed by atoms with Crippen molar-refractivity contribution in [2.75, 3.05) is 12.3 Å². The zero-order valence-electron chi connectivity index (χ0n) is 19.5. The number of nitriles is 1. The number of Topliss-reactive ketones (excluding diaryl/α,β-unsaturated/α-hetero) is 1. The largest absolute Gasteiger partial charge is 0.453 e. The maximum atomic E-state index is 12.6. The van der Waals surface area contributed by atoms with Crippen molar-refractivity contribution in [3.05, 3.63) is 83.7 Å². The second kappa shape index (κ2) is 9.99. The molecular weight excluding hydrogens is 518 g/mol. The van der Waals surface area contributed by atoms with Crippen molar-refractivity contribution >= 4 is 39.6 Å². The number of nitrogen functional groups attached to an aromatic ring is 1. The van der Waals surface area contributed by atoms with Crippen molar-refractivity contribution in [2.24, 2.45) is 14.1 Å². The second-order valence-corrected chi connectivity index (χ2v) is 8.69. The van der Waals surface area contributed by atoms with Gasteiger partial charge in [-0.15, -0.1) is 0 Å². The maximum Gasteiger partial charge on any atom is 0.349 e. The summed E-state index contributed by atoms with van der Waals surface area (Å²) in [5.74, 6) is -2.26. The van der Waals surface area contributed by atoms with Crippen molar-refractivity contribution in [3.8, 4) is 11.8 Å². The summed E-state index contributed by atoms with van der Waals surface area (Å²) in [5, 5.41) is 9.52. The first-order valence-corrected chi connectivity index (χ1v) is 11.1. The van der Waals surface area contributed by atoms with E-state index in [1.165, 1.54) is 20.2 Å².